The van der Waals surface area contributed by atoms with E-state index in [4.69, 9.17) is 25.8 Å². The molecular weight excluding hydrogens is 348 g/mol. The highest BCUT2D eigenvalue weighted by Crippen LogP contribution is 2.37. The molecule has 26 heavy (non-hydrogen) atoms. The molecule has 0 aliphatic heterocycles. The second kappa shape index (κ2) is 11.2. The van der Waals surface area contributed by atoms with Gasteiger partial charge in [-0.25, -0.2) is 0 Å². The van der Waals surface area contributed by atoms with Gasteiger partial charge in [0, 0.05) is 11.3 Å². The van der Waals surface area contributed by atoms with Crippen molar-refractivity contribution in [3.05, 3.63) is 30.3 Å². The summed E-state index contributed by atoms with van der Waals surface area (Å²) in [7, 11) is 1.69. The van der Waals surface area contributed by atoms with Crippen LogP contribution in [0.1, 0.15) is 52.4 Å². The number of alkyl halides is 1. The van der Waals surface area contributed by atoms with Gasteiger partial charge in [-0.15, -0.1) is 11.6 Å². The second-order valence-corrected chi connectivity index (χ2v) is 7.18. The van der Waals surface area contributed by atoms with Crippen LogP contribution in [-0.4, -0.2) is 25.7 Å². The van der Waals surface area contributed by atoms with Crippen molar-refractivity contribution < 1.29 is 14.2 Å². The third kappa shape index (κ3) is 6.28. The average molecular weight is 379 g/mol. The van der Waals surface area contributed by atoms with Crippen LogP contribution in [-0.2, 0) is 0 Å². The Kier molecular flexibility index (Phi) is 8.90. The lowest BCUT2D eigenvalue weighted by atomic mass is 10.1. The summed E-state index contributed by atoms with van der Waals surface area (Å²) < 4.78 is 17.4. The molecule has 0 aromatic heterocycles. The highest BCUT2D eigenvalue weighted by Gasteiger charge is 2.11. The van der Waals surface area contributed by atoms with Gasteiger partial charge in [0.2, 0.25) is 0 Å². The zero-order valence-electron chi connectivity index (χ0n) is 16.2. The monoisotopic (exact) mass is 378 g/mol. The molecule has 0 saturated heterocycles. The van der Waals surface area contributed by atoms with Gasteiger partial charge in [-0.3, -0.25) is 0 Å². The smallest absolute Gasteiger partial charge is 0.168 e. The van der Waals surface area contributed by atoms with Gasteiger partial charge >= 0.3 is 0 Å². The Morgan fingerprint density at radius 1 is 0.923 bits per heavy atom. The average Bonchev–Trinajstić information content (AvgIpc) is 2.63. The van der Waals surface area contributed by atoms with Gasteiger partial charge in [-0.1, -0.05) is 31.7 Å². The summed E-state index contributed by atoms with van der Waals surface area (Å²) in [5.74, 6) is 3.24. The first kappa shape index (κ1) is 20.7. The predicted octanol–water partition coefficient (Wildman–Crippen LogP) is 6.59. The lowest BCUT2D eigenvalue weighted by Gasteiger charge is -2.15. The first-order chi connectivity index (χ1) is 12.7. The largest absolute Gasteiger partial charge is 0.492 e. The molecule has 0 bridgehead atoms. The van der Waals surface area contributed by atoms with Crippen molar-refractivity contribution in [1.82, 2.24) is 0 Å². The van der Waals surface area contributed by atoms with Crippen molar-refractivity contribution in [1.29, 1.82) is 0 Å². The van der Waals surface area contributed by atoms with E-state index in [1.807, 2.05) is 38.1 Å². The lowest BCUT2D eigenvalue weighted by molar-refractivity contribution is 0.242. The summed E-state index contributed by atoms with van der Waals surface area (Å²) in [6.45, 7) is 4.77. The molecule has 0 saturated carbocycles. The van der Waals surface area contributed by atoms with Gasteiger partial charge in [0.25, 0.3) is 0 Å². The standard InChI is InChI=1S/C22H31ClO3/c1-17(2)26-19-11-12-20-18(16-19)10-13-21(22(20)24-3)25-15-9-7-5-4-6-8-14-23/h10-13,16-17H,4-9,14-15H2,1-3H3. The van der Waals surface area contributed by atoms with Gasteiger partial charge in [0.1, 0.15) is 5.75 Å². The van der Waals surface area contributed by atoms with E-state index in [0.717, 1.165) is 46.7 Å². The van der Waals surface area contributed by atoms with Crippen molar-refractivity contribution in [2.24, 2.45) is 0 Å². The Hall–Kier alpha value is -1.61. The summed E-state index contributed by atoms with van der Waals surface area (Å²) in [4.78, 5) is 0. The molecule has 2 aromatic carbocycles. The maximum atomic E-state index is 5.98. The fourth-order valence-electron chi connectivity index (χ4n) is 3.01. The van der Waals surface area contributed by atoms with Crippen LogP contribution in [0.4, 0.5) is 0 Å². The van der Waals surface area contributed by atoms with Crippen LogP contribution in [0.15, 0.2) is 30.3 Å². The van der Waals surface area contributed by atoms with Crippen LogP contribution in [0.3, 0.4) is 0 Å². The van der Waals surface area contributed by atoms with Crippen molar-refractivity contribution in [2.45, 2.75) is 58.5 Å². The normalized spacial score (nSPS) is 11.1. The summed E-state index contributed by atoms with van der Waals surface area (Å²) in [5.41, 5.74) is 0. The summed E-state index contributed by atoms with van der Waals surface area (Å²) in [5, 5.41) is 2.13. The van der Waals surface area contributed by atoms with Crippen LogP contribution in [0.5, 0.6) is 17.2 Å². The number of unbranched alkanes of at least 4 members (excludes halogenated alkanes) is 5. The van der Waals surface area contributed by atoms with Crippen LogP contribution in [0.25, 0.3) is 10.8 Å². The molecule has 0 fully saturated rings. The van der Waals surface area contributed by atoms with Gasteiger partial charge in [0.05, 0.1) is 19.8 Å². The maximum Gasteiger partial charge on any atom is 0.168 e. The number of methoxy groups -OCH3 is 1. The number of hydrogen-bond acceptors (Lipinski definition) is 3. The molecule has 4 heteroatoms. The van der Waals surface area contributed by atoms with E-state index >= 15 is 0 Å². The SMILES string of the molecule is COc1c(OCCCCCCCCCl)ccc2cc(OC(C)C)ccc12. The van der Waals surface area contributed by atoms with Crippen molar-refractivity contribution in [3.8, 4) is 17.2 Å². The number of halogens is 1. The fourth-order valence-corrected chi connectivity index (χ4v) is 3.20. The van der Waals surface area contributed by atoms with Gasteiger partial charge in [-0.2, -0.15) is 0 Å². The first-order valence-electron chi connectivity index (χ1n) is 9.62. The topological polar surface area (TPSA) is 27.7 Å². The molecule has 0 amide bonds. The Bertz CT molecular complexity index is 670. The minimum absolute atomic E-state index is 0.159. The number of benzene rings is 2. The molecule has 144 valence electrons. The third-order valence-corrected chi connectivity index (χ3v) is 4.53. The van der Waals surface area contributed by atoms with Crippen LogP contribution in [0.2, 0.25) is 0 Å². The molecular formula is C22H31ClO3. The Labute approximate surface area is 162 Å². The van der Waals surface area contributed by atoms with E-state index in [1.165, 1.54) is 25.7 Å². The third-order valence-electron chi connectivity index (χ3n) is 4.27. The molecule has 0 spiro atoms. The van der Waals surface area contributed by atoms with E-state index in [1.54, 1.807) is 7.11 Å². The number of fused-ring (bicyclic) bond motifs is 1. The van der Waals surface area contributed by atoms with Crippen LogP contribution >= 0.6 is 11.6 Å². The van der Waals surface area contributed by atoms with Crippen LogP contribution < -0.4 is 14.2 Å². The van der Waals surface area contributed by atoms with E-state index in [-0.39, 0.29) is 6.10 Å². The minimum atomic E-state index is 0.159. The van der Waals surface area contributed by atoms with E-state index in [9.17, 15) is 0 Å². The summed E-state index contributed by atoms with van der Waals surface area (Å²) in [6, 6.07) is 10.1. The molecule has 0 atom stereocenters. The second-order valence-electron chi connectivity index (χ2n) is 6.81. The minimum Gasteiger partial charge on any atom is -0.492 e. The Balaban J connectivity index is 1.93. The fraction of sp³-hybridized carbons (Fsp3) is 0.545. The van der Waals surface area contributed by atoms with E-state index in [2.05, 4.69) is 6.07 Å². The van der Waals surface area contributed by atoms with Crippen molar-refractivity contribution in [3.63, 3.8) is 0 Å². The first-order valence-corrected chi connectivity index (χ1v) is 10.2. The number of ether oxygens (including phenoxy) is 3. The van der Waals surface area contributed by atoms with Crippen LogP contribution in [0, 0.1) is 0 Å². The highest BCUT2D eigenvalue weighted by atomic mass is 35.5. The number of hydrogen-bond donors (Lipinski definition) is 0. The van der Waals surface area contributed by atoms with E-state index in [0.29, 0.717) is 6.61 Å². The highest BCUT2D eigenvalue weighted by molar-refractivity contribution is 6.17. The molecule has 0 unspecified atom stereocenters. The Morgan fingerprint density at radius 3 is 2.35 bits per heavy atom. The molecule has 0 heterocycles. The van der Waals surface area contributed by atoms with Gasteiger partial charge in [0.15, 0.2) is 11.5 Å². The van der Waals surface area contributed by atoms with Gasteiger partial charge in [-0.05, 0) is 56.3 Å². The maximum absolute atomic E-state index is 5.98. The summed E-state index contributed by atoms with van der Waals surface area (Å²) >= 11 is 5.69. The van der Waals surface area contributed by atoms with Crippen molar-refractivity contribution >= 4 is 22.4 Å². The molecule has 0 N–H and O–H groups in total. The number of rotatable bonds is 12. The lowest BCUT2D eigenvalue weighted by Crippen LogP contribution is -2.05. The van der Waals surface area contributed by atoms with Crippen molar-refractivity contribution in [2.75, 3.05) is 19.6 Å². The quantitative estimate of drug-likeness (QED) is 0.308. The molecule has 2 aromatic rings. The molecule has 0 aliphatic rings. The zero-order valence-corrected chi connectivity index (χ0v) is 17.0. The predicted molar refractivity (Wildman–Crippen MR) is 110 cm³/mol. The molecule has 0 radical (unpaired) electrons. The van der Waals surface area contributed by atoms with Gasteiger partial charge < -0.3 is 14.2 Å². The molecule has 2 rings (SSSR count). The zero-order chi connectivity index (χ0) is 18.8. The molecule has 3 nitrogen and oxygen atoms in total. The van der Waals surface area contributed by atoms with E-state index < -0.39 is 0 Å². The summed E-state index contributed by atoms with van der Waals surface area (Å²) in [6.07, 6.45) is 7.26. The molecule has 0 aliphatic carbocycles. The Morgan fingerprint density at radius 2 is 1.65 bits per heavy atom.